The van der Waals surface area contributed by atoms with E-state index in [1.54, 1.807) is 0 Å². The van der Waals surface area contributed by atoms with Crippen molar-refractivity contribution in [2.24, 2.45) is 11.8 Å². The van der Waals surface area contributed by atoms with Gasteiger partial charge in [-0.3, -0.25) is 4.79 Å². The van der Waals surface area contributed by atoms with Crippen LogP contribution in [0, 0.1) is 11.8 Å². The highest BCUT2D eigenvalue weighted by molar-refractivity contribution is 5.85. The Hall–Kier alpha value is -0.280. The standard InChI is InChI=1S/C14H26N2O.ClH/c1-11(13-8-5-9-15-10-13)16-14(17)12-6-3-2-4-7-12;/h11-13,15H,2-10H2,1H3,(H,16,17);1H. The summed E-state index contributed by atoms with van der Waals surface area (Å²) < 4.78 is 0. The van der Waals surface area contributed by atoms with Crippen LogP contribution in [0.4, 0.5) is 0 Å². The van der Waals surface area contributed by atoms with Gasteiger partial charge in [-0.1, -0.05) is 19.3 Å². The van der Waals surface area contributed by atoms with E-state index < -0.39 is 0 Å². The summed E-state index contributed by atoms with van der Waals surface area (Å²) in [7, 11) is 0. The molecule has 0 aromatic rings. The zero-order valence-electron chi connectivity index (χ0n) is 11.4. The molecule has 0 aromatic heterocycles. The molecule has 0 bridgehead atoms. The van der Waals surface area contributed by atoms with E-state index in [1.165, 1.54) is 32.1 Å². The summed E-state index contributed by atoms with van der Waals surface area (Å²) in [6.45, 7) is 4.37. The molecule has 2 rings (SSSR count). The average molecular weight is 275 g/mol. The minimum absolute atomic E-state index is 0. The molecule has 3 nitrogen and oxygen atoms in total. The first-order valence-electron chi connectivity index (χ1n) is 7.28. The van der Waals surface area contributed by atoms with Crippen molar-refractivity contribution in [1.29, 1.82) is 0 Å². The summed E-state index contributed by atoms with van der Waals surface area (Å²) in [5.41, 5.74) is 0. The number of halogens is 1. The minimum Gasteiger partial charge on any atom is -0.353 e. The van der Waals surface area contributed by atoms with Gasteiger partial charge < -0.3 is 10.6 Å². The fourth-order valence-corrected chi connectivity index (χ4v) is 3.13. The largest absolute Gasteiger partial charge is 0.353 e. The lowest BCUT2D eigenvalue weighted by Crippen LogP contribution is -2.46. The van der Waals surface area contributed by atoms with Crippen molar-refractivity contribution in [3.8, 4) is 0 Å². The Kier molecular flexibility index (Phi) is 7.02. The molecule has 2 aliphatic rings. The zero-order chi connectivity index (χ0) is 12.1. The second-order valence-corrected chi connectivity index (χ2v) is 5.74. The van der Waals surface area contributed by atoms with Gasteiger partial charge in [0.2, 0.25) is 5.91 Å². The number of nitrogens with one attached hydrogen (secondary N) is 2. The van der Waals surface area contributed by atoms with E-state index >= 15 is 0 Å². The molecule has 2 fully saturated rings. The predicted molar refractivity (Wildman–Crippen MR) is 77.0 cm³/mol. The lowest BCUT2D eigenvalue weighted by atomic mass is 9.87. The van der Waals surface area contributed by atoms with Crippen molar-refractivity contribution in [2.75, 3.05) is 13.1 Å². The number of piperidine rings is 1. The first-order valence-corrected chi connectivity index (χ1v) is 7.28. The van der Waals surface area contributed by atoms with E-state index in [0.29, 0.717) is 23.8 Å². The summed E-state index contributed by atoms with van der Waals surface area (Å²) >= 11 is 0. The van der Waals surface area contributed by atoms with Crippen LogP contribution in [0.25, 0.3) is 0 Å². The maximum absolute atomic E-state index is 12.1. The van der Waals surface area contributed by atoms with Crippen LogP contribution >= 0.6 is 12.4 Å². The summed E-state index contributed by atoms with van der Waals surface area (Å²) in [6.07, 6.45) is 8.47. The Morgan fingerprint density at radius 1 is 1.17 bits per heavy atom. The molecule has 4 heteroatoms. The lowest BCUT2D eigenvalue weighted by molar-refractivity contribution is -0.126. The fourth-order valence-electron chi connectivity index (χ4n) is 3.13. The van der Waals surface area contributed by atoms with Crippen molar-refractivity contribution in [3.05, 3.63) is 0 Å². The van der Waals surface area contributed by atoms with Crippen LogP contribution in [-0.2, 0) is 4.79 Å². The summed E-state index contributed by atoms with van der Waals surface area (Å²) in [6, 6.07) is 0.331. The van der Waals surface area contributed by atoms with E-state index in [9.17, 15) is 4.79 Å². The maximum Gasteiger partial charge on any atom is 0.223 e. The number of carbonyl (C=O) groups excluding carboxylic acids is 1. The number of rotatable bonds is 3. The van der Waals surface area contributed by atoms with Crippen molar-refractivity contribution in [3.63, 3.8) is 0 Å². The molecule has 2 unspecified atom stereocenters. The number of carbonyl (C=O) groups is 1. The maximum atomic E-state index is 12.1. The number of hydrogen-bond acceptors (Lipinski definition) is 2. The van der Waals surface area contributed by atoms with Crippen molar-refractivity contribution in [1.82, 2.24) is 10.6 Å². The van der Waals surface area contributed by atoms with E-state index in [-0.39, 0.29) is 12.4 Å². The van der Waals surface area contributed by atoms with E-state index in [1.807, 2.05) is 0 Å². The van der Waals surface area contributed by atoms with Gasteiger partial charge in [0.1, 0.15) is 0 Å². The quantitative estimate of drug-likeness (QED) is 0.830. The van der Waals surface area contributed by atoms with Crippen LogP contribution in [0.1, 0.15) is 51.9 Å². The van der Waals surface area contributed by atoms with Gasteiger partial charge in [0.15, 0.2) is 0 Å². The predicted octanol–water partition coefficient (Wildman–Crippen LogP) is 2.49. The van der Waals surface area contributed by atoms with Gasteiger partial charge in [0, 0.05) is 12.0 Å². The first-order chi connectivity index (χ1) is 8.27. The molecule has 18 heavy (non-hydrogen) atoms. The van der Waals surface area contributed by atoms with Crippen LogP contribution in [0.2, 0.25) is 0 Å². The highest BCUT2D eigenvalue weighted by Gasteiger charge is 2.25. The molecule has 0 radical (unpaired) electrons. The monoisotopic (exact) mass is 274 g/mol. The summed E-state index contributed by atoms with van der Waals surface area (Å²) in [5.74, 6) is 1.22. The average Bonchev–Trinajstić information content (AvgIpc) is 2.40. The van der Waals surface area contributed by atoms with Gasteiger partial charge in [-0.2, -0.15) is 0 Å². The molecule has 0 aromatic carbocycles. The topological polar surface area (TPSA) is 41.1 Å². The van der Waals surface area contributed by atoms with Crippen molar-refractivity contribution in [2.45, 2.75) is 57.9 Å². The molecule has 1 saturated heterocycles. The molecule has 2 atom stereocenters. The molecular formula is C14H27ClN2O. The normalized spacial score (nSPS) is 27.1. The van der Waals surface area contributed by atoms with Gasteiger partial charge in [0.25, 0.3) is 0 Å². The molecule has 1 amide bonds. The summed E-state index contributed by atoms with van der Waals surface area (Å²) in [5, 5.41) is 6.66. The van der Waals surface area contributed by atoms with Crippen LogP contribution in [0.3, 0.4) is 0 Å². The third kappa shape index (κ3) is 4.43. The van der Waals surface area contributed by atoms with Gasteiger partial charge in [-0.05, 0) is 51.6 Å². The van der Waals surface area contributed by atoms with Crippen LogP contribution < -0.4 is 10.6 Å². The fraction of sp³-hybridized carbons (Fsp3) is 0.929. The Balaban J connectivity index is 0.00000162. The molecule has 1 heterocycles. The smallest absolute Gasteiger partial charge is 0.223 e. The molecule has 106 valence electrons. The van der Waals surface area contributed by atoms with E-state index in [2.05, 4.69) is 17.6 Å². The number of hydrogen-bond donors (Lipinski definition) is 2. The molecule has 2 N–H and O–H groups in total. The van der Waals surface area contributed by atoms with Crippen LogP contribution in [0.15, 0.2) is 0 Å². The minimum atomic E-state index is 0. The van der Waals surface area contributed by atoms with E-state index in [0.717, 1.165) is 25.9 Å². The third-order valence-electron chi connectivity index (χ3n) is 4.39. The SMILES string of the molecule is CC(NC(=O)C1CCCCC1)C1CCCNC1.Cl. The molecule has 1 aliphatic heterocycles. The highest BCUT2D eigenvalue weighted by atomic mass is 35.5. The van der Waals surface area contributed by atoms with Gasteiger partial charge in [0.05, 0.1) is 0 Å². The Morgan fingerprint density at radius 2 is 1.89 bits per heavy atom. The number of amides is 1. The summed E-state index contributed by atoms with van der Waals surface area (Å²) in [4.78, 5) is 12.1. The Bertz CT molecular complexity index is 248. The molecule has 1 aliphatic carbocycles. The third-order valence-corrected chi connectivity index (χ3v) is 4.39. The molecule has 1 saturated carbocycles. The first kappa shape index (κ1) is 15.8. The van der Waals surface area contributed by atoms with Gasteiger partial charge in [-0.15, -0.1) is 12.4 Å². The van der Waals surface area contributed by atoms with Crippen molar-refractivity contribution < 1.29 is 4.79 Å². The Labute approximate surface area is 117 Å². The lowest BCUT2D eigenvalue weighted by Gasteiger charge is -2.30. The molecular weight excluding hydrogens is 248 g/mol. The van der Waals surface area contributed by atoms with Crippen LogP contribution in [0.5, 0.6) is 0 Å². The second-order valence-electron chi connectivity index (χ2n) is 5.74. The zero-order valence-corrected chi connectivity index (χ0v) is 12.2. The van der Waals surface area contributed by atoms with Gasteiger partial charge >= 0.3 is 0 Å². The van der Waals surface area contributed by atoms with Gasteiger partial charge in [-0.25, -0.2) is 0 Å². The van der Waals surface area contributed by atoms with Crippen LogP contribution in [-0.4, -0.2) is 25.0 Å². The van der Waals surface area contributed by atoms with Crippen molar-refractivity contribution >= 4 is 18.3 Å². The van der Waals surface area contributed by atoms with E-state index in [4.69, 9.17) is 0 Å². The highest BCUT2D eigenvalue weighted by Crippen LogP contribution is 2.24. The molecule has 0 spiro atoms. The second kappa shape index (κ2) is 8.00. The Morgan fingerprint density at radius 3 is 2.50 bits per heavy atom.